The monoisotopic (exact) mass is 201 g/mol. The fraction of sp³-hybridized carbons (Fsp3) is 0.750. The fourth-order valence-electron chi connectivity index (χ4n) is 0.314. The summed E-state index contributed by atoms with van der Waals surface area (Å²) in [6.45, 7) is -0.930. The average Bonchev–Trinajstić information content (AvgIpc) is 1.98. The van der Waals surface area contributed by atoms with Gasteiger partial charge in [0, 0.05) is 0 Å². The van der Waals surface area contributed by atoms with Crippen LogP contribution in [-0.2, 0) is 0 Å². The molecule has 0 aromatic rings. The van der Waals surface area contributed by atoms with E-state index in [2.05, 4.69) is 23.1 Å². The summed E-state index contributed by atoms with van der Waals surface area (Å²) in [4.78, 5) is 0. The van der Waals surface area contributed by atoms with Gasteiger partial charge >= 0.3 is 0 Å². The summed E-state index contributed by atoms with van der Waals surface area (Å²) >= 11 is 9.80. The third-order valence-electron chi connectivity index (χ3n) is 0.829. The molecule has 2 atom stereocenters. The maximum atomic E-state index is 11.7. The van der Waals surface area contributed by atoms with E-state index in [1.54, 1.807) is 0 Å². The molecule has 0 rings (SSSR count). The Bertz CT molecular complexity index is 139. The van der Waals surface area contributed by atoms with Crippen molar-refractivity contribution in [2.75, 3.05) is 6.67 Å². The molecule has 0 aromatic heterocycles. The molecule has 66 valence electrons. The first kappa shape index (κ1) is 10.8. The average molecular weight is 202 g/mol. The normalized spacial score (nSPS) is 15.5. The Morgan fingerprint density at radius 2 is 2.36 bits per heavy atom. The van der Waals surface area contributed by atoms with Crippen LogP contribution in [0.25, 0.3) is 0 Å². The first-order valence-corrected chi connectivity index (χ1v) is 3.61. The van der Waals surface area contributed by atoms with E-state index < -0.39 is 18.3 Å². The second-order valence-electron chi connectivity index (χ2n) is 1.76. The first-order chi connectivity index (χ1) is 5.07. The van der Waals surface area contributed by atoms with E-state index in [9.17, 15) is 4.39 Å². The van der Waals surface area contributed by atoms with Gasteiger partial charge in [0.1, 0.15) is 18.3 Å². The van der Waals surface area contributed by atoms with Gasteiger partial charge in [-0.15, -0.1) is 11.6 Å². The van der Waals surface area contributed by atoms with Crippen molar-refractivity contribution in [1.29, 1.82) is 0 Å². The molecule has 0 spiro atoms. The Hall–Kier alpha value is -0.170. The van der Waals surface area contributed by atoms with Gasteiger partial charge in [-0.1, -0.05) is 0 Å². The zero-order valence-electron chi connectivity index (χ0n) is 5.55. The van der Waals surface area contributed by atoms with Gasteiger partial charge in [0.2, 0.25) is 0 Å². The van der Waals surface area contributed by atoms with Gasteiger partial charge in [0.05, 0.1) is 0 Å². The van der Waals surface area contributed by atoms with Gasteiger partial charge < -0.3 is 10.8 Å². The van der Waals surface area contributed by atoms with Crippen LogP contribution < -0.4 is 16.6 Å². The second-order valence-corrected chi connectivity index (χ2v) is 2.67. The van der Waals surface area contributed by atoms with E-state index in [1.807, 2.05) is 0 Å². The van der Waals surface area contributed by atoms with Crippen LogP contribution in [0.2, 0.25) is 0 Å². The molecule has 0 radical (unpaired) electrons. The van der Waals surface area contributed by atoms with E-state index in [-0.39, 0.29) is 5.11 Å². The zero-order valence-corrected chi connectivity index (χ0v) is 7.12. The van der Waals surface area contributed by atoms with E-state index in [0.717, 1.165) is 0 Å². The minimum absolute atomic E-state index is 0.0262. The predicted octanol–water partition coefficient (Wildman–Crippen LogP) is -0.780. The third kappa shape index (κ3) is 5.14. The summed E-state index contributed by atoms with van der Waals surface area (Å²) in [5.74, 6) is 0. The van der Waals surface area contributed by atoms with Crippen molar-refractivity contribution in [3.05, 3.63) is 0 Å². The number of aliphatic hydroxyl groups is 1. The number of rotatable bonds is 4. The molecule has 0 aliphatic rings. The van der Waals surface area contributed by atoms with Gasteiger partial charge in [-0.3, -0.25) is 5.43 Å². The lowest BCUT2D eigenvalue weighted by Crippen LogP contribution is -2.49. The number of hydrazine groups is 1. The Morgan fingerprint density at radius 1 is 1.82 bits per heavy atom. The molecule has 0 aliphatic heterocycles. The first-order valence-electron chi connectivity index (χ1n) is 2.77. The van der Waals surface area contributed by atoms with Gasteiger partial charge in [0.25, 0.3) is 0 Å². The van der Waals surface area contributed by atoms with Crippen molar-refractivity contribution >= 4 is 28.9 Å². The van der Waals surface area contributed by atoms with E-state index in [1.165, 1.54) is 0 Å². The summed E-state index contributed by atoms with van der Waals surface area (Å²) in [5.41, 5.74) is 8.60. The second kappa shape index (κ2) is 5.48. The van der Waals surface area contributed by atoms with Crippen molar-refractivity contribution in [2.45, 2.75) is 11.6 Å². The van der Waals surface area contributed by atoms with Crippen molar-refractivity contribution in [2.24, 2.45) is 5.73 Å². The molecule has 0 fully saturated rings. The van der Waals surface area contributed by atoms with Crippen LogP contribution in [-0.4, -0.2) is 28.5 Å². The lowest BCUT2D eigenvalue weighted by atomic mass is 10.4. The smallest absolute Gasteiger partial charge is 0.178 e. The molecule has 0 heterocycles. The molecule has 4 nitrogen and oxygen atoms in total. The van der Waals surface area contributed by atoms with Crippen LogP contribution in [0.15, 0.2) is 0 Å². The number of nitrogens with one attached hydrogen (secondary N) is 2. The fourth-order valence-corrected chi connectivity index (χ4v) is 0.495. The van der Waals surface area contributed by atoms with Gasteiger partial charge in [-0.05, 0) is 12.2 Å². The zero-order chi connectivity index (χ0) is 8.85. The van der Waals surface area contributed by atoms with Crippen molar-refractivity contribution in [1.82, 2.24) is 10.9 Å². The predicted molar refractivity (Wildman–Crippen MR) is 44.7 cm³/mol. The molecule has 2 unspecified atom stereocenters. The van der Waals surface area contributed by atoms with Crippen molar-refractivity contribution < 1.29 is 9.50 Å². The molecular weight excluding hydrogens is 193 g/mol. The lowest BCUT2D eigenvalue weighted by molar-refractivity contribution is 0.123. The van der Waals surface area contributed by atoms with Gasteiger partial charge in [0.15, 0.2) is 5.11 Å². The van der Waals surface area contributed by atoms with E-state index in [4.69, 9.17) is 22.4 Å². The number of halogens is 2. The highest BCUT2D eigenvalue weighted by Crippen LogP contribution is 1.97. The summed E-state index contributed by atoms with van der Waals surface area (Å²) in [5, 5.41) is 8.72. The van der Waals surface area contributed by atoms with E-state index in [0.29, 0.717) is 0 Å². The molecule has 0 bridgehead atoms. The molecule has 0 saturated carbocycles. The molecule has 0 aromatic carbocycles. The molecule has 0 saturated heterocycles. The van der Waals surface area contributed by atoms with Gasteiger partial charge in [-0.25, -0.2) is 9.82 Å². The SMILES string of the molecule is NC(=S)NNC(Cl)C(O)CF. The van der Waals surface area contributed by atoms with E-state index >= 15 is 0 Å². The Labute approximate surface area is 73.9 Å². The number of hydrogen-bond acceptors (Lipinski definition) is 3. The maximum absolute atomic E-state index is 11.7. The molecule has 5 N–H and O–H groups in total. The third-order valence-corrected chi connectivity index (χ3v) is 1.33. The summed E-state index contributed by atoms with van der Waals surface area (Å²) in [6, 6.07) is 0. The Balaban J connectivity index is 3.51. The minimum Gasteiger partial charge on any atom is -0.387 e. The molecule has 7 heteroatoms. The number of thiocarbonyl (C=S) groups is 1. The highest BCUT2D eigenvalue weighted by Gasteiger charge is 2.14. The number of nitrogens with two attached hydrogens (primary N) is 1. The standard InChI is InChI=1S/C4H9ClFN3OS/c5-3(2(10)1-6)8-9-4(7)11/h2-3,8,10H,1H2,(H3,7,9,11). The largest absolute Gasteiger partial charge is 0.387 e. The quantitative estimate of drug-likeness (QED) is 0.208. The number of aliphatic hydroxyl groups excluding tert-OH is 1. The molecular formula is C4H9ClFN3OS. The maximum Gasteiger partial charge on any atom is 0.178 e. The minimum atomic E-state index is -1.28. The summed E-state index contributed by atoms with van der Waals surface area (Å²) in [7, 11) is 0. The van der Waals surface area contributed by atoms with Crippen LogP contribution in [0.1, 0.15) is 0 Å². The van der Waals surface area contributed by atoms with Crippen molar-refractivity contribution in [3.8, 4) is 0 Å². The Morgan fingerprint density at radius 3 is 2.73 bits per heavy atom. The number of alkyl halides is 2. The van der Waals surface area contributed by atoms with Crippen LogP contribution >= 0.6 is 23.8 Å². The summed E-state index contributed by atoms with van der Waals surface area (Å²) in [6.07, 6.45) is -1.28. The lowest BCUT2D eigenvalue weighted by Gasteiger charge is -2.15. The van der Waals surface area contributed by atoms with Crippen LogP contribution in [0.4, 0.5) is 4.39 Å². The van der Waals surface area contributed by atoms with Crippen molar-refractivity contribution in [3.63, 3.8) is 0 Å². The number of hydrogen-bond donors (Lipinski definition) is 4. The Kier molecular flexibility index (Phi) is 5.39. The highest BCUT2D eigenvalue weighted by molar-refractivity contribution is 7.80. The molecule has 0 aliphatic carbocycles. The van der Waals surface area contributed by atoms with Gasteiger partial charge in [-0.2, -0.15) is 0 Å². The van der Waals surface area contributed by atoms with Crippen LogP contribution in [0.5, 0.6) is 0 Å². The summed E-state index contributed by atoms with van der Waals surface area (Å²) < 4.78 is 11.7. The highest BCUT2D eigenvalue weighted by atomic mass is 35.5. The topological polar surface area (TPSA) is 70.3 Å². The molecule has 0 amide bonds. The molecule has 11 heavy (non-hydrogen) atoms. The van der Waals surface area contributed by atoms with Crippen LogP contribution in [0, 0.1) is 0 Å². The van der Waals surface area contributed by atoms with Crippen LogP contribution in [0.3, 0.4) is 0 Å².